The van der Waals surface area contributed by atoms with E-state index in [4.69, 9.17) is 9.31 Å². The summed E-state index contributed by atoms with van der Waals surface area (Å²) >= 11 is 2.18. The van der Waals surface area contributed by atoms with Crippen molar-refractivity contribution < 1.29 is 9.31 Å². The van der Waals surface area contributed by atoms with Crippen LogP contribution in [0.5, 0.6) is 0 Å². The van der Waals surface area contributed by atoms with Crippen LogP contribution in [0.25, 0.3) is 22.0 Å². The lowest BCUT2D eigenvalue weighted by molar-refractivity contribution is 0.00578. The van der Waals surface area contributed by atoms with Gasteiger partial charge in [0.1, 0.15) is 0 Å². The van der Waals surface area contributed by atoms with E-state index in [1.807, 2.05) is 6.20 Å². The summed E-state index contributed by atoms with van der Waals surface area (Å²) < 4.78 is 13.2. The average Bonchev–Trinajstić information content (AvgIpc) is 3.07. The SMILES string of the molecule is CC1(C)OB(c2ccc3cc(-c4cnc(I)[nH]4)ccc3c2)OC1(C)C. The van der Waals surface area contributed by atoms with E-state index in [2.05, 4.69) is 96.7 Å². The molecule has 3 aromatic rings. The van der Waals surface area contributed by atoms with Gasteiger partial charge in [-0.1, -0.05) is 30.3 Å². The zero-order valence-electron chi connectivity index (χ0n) is 14.8. The number of rotatable bonds is 2. The van der Waals surface area contributed by atoms with Gasteiger partial charge in [-0.2, -0.15) is 0 Å². The number of hydrogen-bond acceptors (Lipinski definition) is 3. The fraction of sp³-hybridized carbons (Fsp3) is 0.316. The van der Waals surface area contributed by atoms with Gasteiger partial charge in [-0.15, -0.1) is 0 Å². The molecule has 0 atom stereocenters. The molecule has 0 radical (unpaired) electrons. The van der Waals surface area contributed by atoms with Crippen LogP contribution in [0, 0.1) is 3.83 Å². The van der Waals surface area contributed by atoms with Gasteiger partial charge in [0.25, 0.3) is 0 Å². The number of nitrogens with one attached hydrogen (secondary N) is 1. The molecule has 1 saturated heterocycles. The Bertz CT molecular complexity index is 936. The Morgan fingerprint density at radius 3 is 2.24 bits per heavy atom. The normalized spacial score (nSPS) is 18.8. The van der Waals surface area contributed by atoms with Crippen molar-refractivity contribution in [2.75, 3.05) is 0 Å². The lowest BCUT2D eigenvalue weighted by atomic mass is 9.78. The molecule has 1 fully saturated rings. The largest absolute Gasteiger partial charge is 0.494 e. The molecule has 0 unspecified atom stereocenters. The van der Waals surface area contributed by atoms with Crippen LogP contribution in [0.15, 0.2) is 42.6 Å². The molecule has 0 saturated carbocycles. The quantitative estimate of drug-likeness (QED) is 0.476. The highest BCUT2D eigenvalue weighted by Crippen LogP contribution is 2.36. The number of imidazole rings is 1. The van der Waals surface area contributed by atoms with Gasteiger partial charge in [0.05, 0.1) is 23.1 Å². The fourth-order valence-electron chi connectivity index (χ4n) is 3.00. The third-order valence-corrected chi connectivity index (χ3v) is 5.79. The molecule has 0 aliphatic carbocycles. The molecular formula is C19H20BIN2O2. The predicted octanol–water partition coefficient (Wildman–Crippen LogP) is 4.13. The van der Waals surface area contributed by atoms with Gasteiger partial charge >= 0.3 is 7.12 Å². The van der Waals surface area contributed by atoms with E-state index < -0.39 is 0 Å². The van der Waals surface area contributed by atoms with Crippen LogP contribution in [0.3, 0.4) is 0 Å². The first-order chi connectivity index (χ1) is 11.7. The smallest absolute Gasteiger partial charge is 0.399 e. The van der Waals surface area contributed by atoms with Crippen molar-refractivity contribution in [1.82, 2.24) is 9.97 Å². The topological polar surface area (TPSA) is 47.1 Å². The van der Waals surface area contributed by atoms with E-state index in [0.29, 0.717) is 0 Å². The summed E-state index contributed by atoms with van der Waals surface area (Å²) in [5.74, 6) is 0. The first kappa shape index (κ1) is 17.1. The predicted molar refractivity (Wildman–Crippen MR) is 110 cm³/mol. The van der Waals surface area contributed by atoms with Gasteiger partial charge in [0, 0.05) is 5.56 Å². The van der Waals surface area contributed by atoms with E-state index in [-0.39, 0.29) is 18.3 Å². The highest BCUT2D eigenvalue weighted by molar-refractivity contribution is 14.1. The summed E-state index contributed by atoms with van der Waals surface area (Å²) in [5.41, 5.74) is 2.56. The van der Waals surface area contributed by atoms with Gasteiger partial charge < -0.3 is 14.3 Å². The number of benzene rings is 2. The van der Waals surface area contributed by atoms with E-state index in [9.17, 15) is 0 Å². The Labute approximate surface area is 161 Å². The number of H-pyrrole nitrogens is 1. The summed E-state index contributed by atoms with van der Waals surface area (Å²) in [6.07, 6.45) is 1.86. The molecule has 4 rings (SSSR count). The van der Waals surface area contributed by atoms with Crippen molar-refractivity contribution in [3.05, 3.63) is 46.4 Å². The monoisotopic (exact) mass is 446 g/mol. The Kier molecular flexibility index (Phi) is 3.97. The van der Waals surface area contributed by atoms with E-state index in [1.54, 1.807) is 0 Å². The summed E-state index contributed by atoms with van der Waals surface area (Å²) in [7, 11) is -0.330. The standard InChI is InChI=1S/C19H20BIN2O2/c1-18(2)19(3,4)25-20(24-18)15-8-7-12-9-14(6-5-13(12)10-15)16-11-22-17(21)23-16/h5-11H,1-4H3,(H,22,23). The Hall–Kier alpha value is -1.38. The molecule has 1 aliphatic rings. The molecule has 2 aromatic carbocycles. The molecular weight excluding hydrogens is 426 g/mol. The molecule has 1 aromatic heterocycles. The van der Waals surface area contributed by atoms with E-state index in [1.165, 1.54) is 10.8 Å². The van der Waals surface area contributed by atoms with Crippen molar-refractivity contribution in [2.24, 2.45) is 0 Å². The molecule has 0 bridgehead atoms. The minimum absolute atomic E-state index is 0.325. The maximum atomic E-state index is 6.16. The molecule has 0 spiro atoms. The summed E-state index contributed by atoms with van der Waals surface area (Å²) in [4.78, 5) is 7.53. The number of fused-ring (bicyclic) bond motifs is 1. The molecule has 128 valence electrons. The summed E-state index contributed by atoms with van der Waals surface area (Å²) in [6, 6.07) is 12.8. The van der Waals surface area contributed by atoms with Gasteiger partial charge in [0.2, 0.25) is 0 Å². The van der Waals surface area contributed by atoms with Crippen LogP contribution in [-0.4, -0.2) is 28.3 Å². The van der Waals surface area contributed by atoms with Crippen molar-refractivity contribution in [1.29, 1.82) is 0 Å². The van der Waals surface area contributed by atoms with E-state index >= 15 is 0 Å². The molecule has 6 heteroatoms. The van der Waals surface area contributed by atoms with E-state index in [0.717, 1.165) is 20.6 Å². The molecule has 1 N–H and O–H groups in total. The third-order valence-electron chi connectivity index (χ3n) is 5.25. The number of nitrogens with zero attached hydrogens (tertiary/aromatic N) is 1. The van der Waals surface area contributed by atoms with Crippen LogP contribution < -0.4 is 5.46 Å². The van der Waals surface area contributed by atoms with Crippen molar-refractivity contribution >= 4 is 45.9 Å². The maximum Gasteiger partial charge on any atom is 0.494 e. The van der Waals surface area contributed by atoms with Gasteiger partial charge in [-0.3, -0.25) is 0 Å². The van der Waals surface area contributed by atoms with Crippen LogP contribution in [-0.2, 0) is 9.31 Å². The second-order valence-electron chi connectivity index (χ2n) is 7.50. The van der Waals surface area contributed by atoms with Gasteiger partial charge in [0.15, 0.2) is 3.83 Å². The minimum Gasteiger partial charge on any atom is -0.399 e. The van der Waals surface area contributed by atoms with Crippen molar-refractivity contribution in [3.8, 4) is 11.3 Å². The first-order valence-corrected chi connectivity index (χ1v) is 9.43. The maximum absolute atomic E-state index is 6.16. The number of halogens is 1. The fourth-order valence-corrected chi connectivity index (χ4v) is 3.43. The minimum atomic E-state index is -0.330. The number of aromatic amines is 1. The number of hydrogen-bond donors (Lipinski definition) is 1. The van der Waals surface area contributed by atoms with Crippen LogP contribution in [0.4, 0.5) is 0 Å². The average molecular weight is 446 g/mol. The van der Waals surface area contributed by atoms with Gasteiger partial charge in [-0.05, 0) is 72.6 Å². The molecule has 25 heavy (non-hydrogen) atoms. The molecule has 2 heterocycles. The van der Waals surface area contributed by atoms with Crippen molar-refractivity contribution in [3.63, 3.8) is 0 Å². The number of aromatic nitrogens is 2. The summed E-state index contributed by atoms with van der Waals surface area (Å²) in [5, 5.41) is 2.35. The first-order valence-electron chi connectivity index (χ1n) is 8.35. The highest BCUT2D eigenvalue weighted by atomic mass is 127. The summed E-state index contributed by atoms with van der Waals surface area (Å²) in [6.45, 7) is 8.30. The molecule has 4 nitrogen and oxygen atoms in total. The van der Waals surface area contributed by atoms with Crippen LogP contribution in [0.2, 0.25) is 0 Å². The van der Waals surface area contributed by atoms with Crippen LogP contribution >= 0.6 is 22.6 Å². The molecule has 1 aliphatic heterocycles. The zero-order chi connectivity index (χ0) is 17.8. The Morgan fingerprint density at radius 1 is 0.960 bits per heavy atom. The molecule has 0 amide bonds. The second kappa shape index (κ2) is 5.82. The lowest BCUT2D eigenvalue weighted by Crippen LogP contribution is -2.41. The second-order valence-corrected chi connectivity index (χ2v) is 8.52. The van der Waals surface area contributed by atoms with Crippen LogP contribution in [0.1, 0.15) is 27.7 Å². The Morgan fingerprint density at radius 2 is 1.60 bits per heavy atom. The zero-order valence-corrected chi connectivity index (χ0v) is 16.9. The lowest BCUT2D eigenvalue weighted by Gasteiger charge is -2.32. The highest BCUT2D eigenvalue weighted by Gasteiger charge is 2.51. The third kappa shape index (κ3) is 3.00. The van der Waals surface area contributed by atoms with Gasteiger partial charge in [-0.25, -0.2) is 4.98 Å². The Balaban J connectivity index is 1.68. The van der Waals surface area contributed by atoms with Crippen molar-refractivity contribution in [2.45, 2.75) is 38.9 Å².